The van der Waals surface area contributed by atoms with Gasteiger partial charge in [-0.25, -0.2) is 0 Å². The second-order valence-electron chi connectivity index (χ2n) is 5.36. The van der Waals surface area contributed by atoms with Gasteiger partial charge in [-0.15, -0.1) is 11.3 Å². The van der Waals surface area contributed by atoms with Gasteiger partial charge in [0.05, 0.1) is 9.35 Å². The number of para-hydroxylation sites is 1. The lowest BCUT2D eigenvalue weighted by atomic mass is 10.1. The lowest BCUT2D eigenvalue weighted by Gasteiger charge is -2.34. The summed E-state index contributed by atoms with van der Waals surface area (Å²) in [6.45, 7) is 4.24. The highest BCUT2D eigenvalue weighted by atomic mass is 79.9. The molecule has 1 fully saturated rings. The van der Waals surface area contributed by atoms with Gasteiger partial charge in [-0.1, -0.05) is 12.1 Å². The molecule has 1 aliphatic heterocycles. The first kappa shape index (κ1) is 15.5. The third-order valence-corrected chi connectivity index (χ3v) is 5.47. The van der Waals surface area contributed by atoms with E-state index in [-0.39, 0.29) is 5.91 Å². The lowest BCUT2D eigenvalue weighted by Crippen LogP contribution is -2.48. The van der Waals surface area contributed by atoms with Crippen molar-refractivity contribution >= 4 is 38.9 Å². The Hall–Kier alpha value is -1.37. The third kappa shape index (κ3) is 3.51. The second-order valence-corrected chi connectivity index (χ2v) is 7.91. The fraction of sp³-hybridized carbons (Fsp3) is 0.312. The van der Waals surface area contributed by atoms with Crippen molar-refractivity contribution in [3.05, 3.63) is 50.6 Å². The van der Waals surface area contributed by atoms with Crippen LogP contribution in [0.3, 0.4) is 0 Å². The van der Waals surface area contributed by atoms with Crippen molar-refractivity contribution in [2.45, 2.75) is 6.54 Å². The highest BCUT2D eigenvalue weighted by molar-refractivity contribution is 9.11. The van der Waals surface area contributed by atoms with E-state index in [2.05, 4.69) is 33.0 Å². The number of nitrogens with zero attached hydrogens (tertiary/aromatic N) is 2. The molecular weight excluding hydrogens is 362 g/mol. The number of nitrogens with two attached hydrogens (primary N) is 1. The normalized spacial score (nSPS) is 16.0. The summed E-state index contributed by atoms with van der Waals surface area (Å²) < 4.78 is 1.16. The minimum Gasteiger partial charge on any atom is -0.398 e. The Bertz CT molecular complexity index is 665. The van der Waals surface area contributed by atoms with Crippen molar-refractivity contribution in [2.24, 2.45) is 0 Å². The zero-order chi connectivity index (χ0) is 15.5. The Morgan fingerprint density at radius 3 is 2.50 bits per heavy atom. The number of thiophene rings is 1. The molecule has 1 amide bonds. The van der Waals surface area contributed by atoms with Gasteiger partial charge in [0.25, 0.3) is 5.91 Å². The maximum atomic E-state index is 12.5. The van der Waals surface area contributed by atoms with Crippen molar-refractivity contribution < 1.29 is 4.79 Å². The van der Waals surface area contributed by atoms with Crippen LogP contribution in [-0.2, 0) is 6.54 Å². The van der Waals surface area contributed by atoms with Crippen molar-refractivity contribution in [2.75, 3.05) is 31.9 Å². The van der Waals surface area contributed by atoms with Crippen LogP contribution in [0.5, 0.6) is 0 Å². The number of nitrogen functional groups attached to an aromatic ring is 1. The molecule has 2 heterocycles. The molecule has 1 saturated heterocycles. The summed E-state index contributed by atoms with van der Waals surface area (Å²) >= 11 is 5.26. The Morgan fingerprint density at radius 2 is 1.86 bits per heavy atom. The van der Waals surface area contributed by atoms with Crippen LogP contribution < -0.4 is 5.73 Å². The molecule has 0 atom stereocenters. The number of anilines is 1. The fourth-order valence-corrected chi connectivity index (χ4v) is 4.15. The first-order valence-electron chi connectivity index (χ1n) is 7.24. The van der Waals surface area contributed by atoms with Crippen LogP contribution in [0.4, 0.5) is 5.69 Å². The van der Waals surface area contributed by atoms with Crippen LogP contribution in [-0.4, -0.2) is 41.9 Å². The van der Waals surface area contributed by atoms with Crippen molar-refractivity contribution in [1.29, 1.82) is 0 Å². The van der Waals surface area contributed by atoms with E-state index >= 15 is 0 Å². The number of benzene rings is 1. The number of piperazine rings is 1. The van der Waals surface area contributed by atoms with E-state index in [9.17, 15) is 4.79 Å². The van der Waals surface area contributed by atoms with Gasteiger partial charge in [-0.2, -0.15) is 0 Å². The van der Waals surface area contributed by atoms with Gasteiger partial charge in [-0.3, -0.25) is 9.69 Å². The average molecular weight is 380 g/mol. The quantitative estimate of drug-likeness (QED) is 0.833. The van der Waals surface area contributed by atoms with E-state index in [4.69, 9.17) is 5.73 Å². The van der Waals surface area contributed by atoms with Gasteiger partial charge in [0.1, 0.15) is 0 Å². The second kappa shape index (κ2) is 6.81. The summed E-state index contributed by atoms with van der Waals surface area (Å²) in [4.78, 5) is 18.1. The maximum Gasteiger partial charge on any atom is 0.256 e. The standard InChI is InChI=1S/C16H18BrN3OS/c17-15-6-5-12(22-15)11-19-7-9-20(10-8-19)16(21)13-3-1-2-4-14(13)18/h1-6H,7-11,18H2. The number of halogens is 1. The molecule has 0 radical (unpaired) electrons. The molecule has 6 heteroatoms. The van der Waals surface area contributed by atoms with Crippen LogP contribution in [0.15, 0.2) is 40.2 Å². The van der Waals surface area contributed by atoms with Gasteiger partial charge >= 0.3 is 0 Å². The third-order valence-electron chi connectivity index (χ3n) is 3.86. The largest absolute Gasteiger partial charge is 0.398 e. The Kier molecular flexibility index (Phi) is 4.81. The van der Waals surface area contributed by atoms with E-state index in [0.717, 1.165) is 36.5 Å². The molecule has 2 N–H and O–H groups in total. The SMILES string of the molecule is Nc1ccccc1C(=O)N1CCN(Cc2ccc(Br)s2)CC1. The Morgan fingerprint density at radius 1 is 1.14 bits per heavy atom. The molecule has 116 valence electrons. The van der Waals surface area contributed by atoms with Crippen LogP contribution in [0.25, 0.3) is 0 Å². The first-order chi connectivity index (χ1) is 10.6. The number of hydrogen-bond donors (Lipinski definition) is 1. The monoisotopic (exact) mass is 379 g/mol. The Balaban J connectivity index is 1.57. The van der Waals surface area contributed by atoms with E-state index < -0.39 is 0 Å². The summed E-state index contributed by atoms with van der Waals surface area (Å²) in [7, 11) is 0. The van der Waals surface area contributed by atoms with Crippen LogP contribution in [0.2, 0.25) is 0 Å². The van der Waals surface area contributed by atoms with E-state index in [1.54, 1.807) is 23.5 Å². The molecule has 22 heavy (non-hydrogen) atoms. The number of carbonyl (C=O) groups excluding carboxylic acids is 1. The van der Waals surface area contributed by atoms with E-state index in [1.807, 2.05) is 17.0 Å². The van der Waals surface area contributed by atoms with Gasteiger partial charge in [-0.05, 0) is 40.2 Å². The molecule has 0 bridgehead atoms. The Labute approximate surface area is 142 Å². The minimum atomic E-state index is 0.0385. The highest BCUT2D eigenvalue weighted by Crippen LogP contribution is 2.24. The van der Waals surface area contributed by atoms with Crippen molar-refractivity contribution in [3.8, 4) is 0 Å². The van der Waals surface area contributed by atoms with E-state index in [1.165, 1.54) is 4.88 Å². The molecule has 2 aromatic rings. The van der Waals surface area contributed by atoms with Crippen molar-refractivity contribution in [1.82, 2.24) is 9.80 Å². The molecule has 1 aromatic heterocycles. The molecule has 3 rings (SSSR count). The average Bonchev–Trinajstić information content (AvgIpc) is 2.93. The predicted octanol–water partition coefficient (Wildman–Crippen LogP) is 3.05. The number of carbonyl (C=O) groups is 1. The smallest absolute Gasteiger partial charge is 0.256 e. The highest BCUT2D eigenvalue weighted by Gasteiger charge is 2.23. The van der Waals surface area contributed by atoms with Gasteiger partial charge in [0.2, 0.25) is 0 Å². The number of rotatable bonds is 3. The van der Waals surface area contributed by atoms with Gasteiger partial charge in [0, 0.05) is 43.3 Å². The molecule has 0 spiro atoms. The summed E-state index contributed by atoms with van der Waals surface area (Å²) in [6, 6.07) is 11.5. The lowest BCUT2D eigenvalue weighted by molar-refractivity contribution is 0.0630. The van der Waals surface area contributed by atoms with Crippen LogP contribution in [0, 0.1) is 0 Å². The molecule has 0 unspecified atom stereocenters. The van der Waals surface area contributed by atoms with Crippen molar-refractivity contribution in [3.63, 3.8) is 0 Å². The summed E-state index contributed by atoms with van der Waals surface area (Å²) in [5, 5.41) is 0. The number of hydrogen-bond acceptors (Lipinski definition) is 4. The maximum absolute atomic E-state index is 12.5. The topological polar surface area (TPSA) is 49.6 Å². The zero-order valence-corrected chi connectivity index (χ0v) is 14.6. The van der Waals surface area contributed by atoms with Crippen LogP contribution >= 0.6 is 27.3 Å². The first-order valence-corrected chi connectivity index (χ1v) is 8.85. The molecule has 1 aromatic carbocycles. The molecule has 0 aliphatic carbocycles. The zero-order valence-electron chi connectivity index (χ0n) is 12.2. The van der Waals surface area contributed by atoms with Gasteiger partial charge < -0.3 is 10.6 Å². The molecular formula is C16H18BrN3OS. The van der Waals surface area contributed by atoms with Crippen LogP contribution in [0.1, 0.15) is 15.2 Å². The number of amides is 1. The predicted molar refractivity (Wildman–Crippen MR) is 94.1 cm³/mol. The van der Waals surface area contributed by atoms with E-state index in [0.29, 0.717) is 11.3 Å². The summed E-state index contributed by atoms with van der Waals surface area (Å²) in [6.07, 6.45) is 0. The summed E-state index contributed by atoms with van der Waals surface area (Å²) in [5.74, 6) is 0.0385. The minimum absolute atomic E-state index is 0.0385. The van der Waals surface area contributed by atoms with Gasteiger partial charge in [0.15, 0.2) is 0 Å². The molecule has 0 saturated carbocycles. The molecule has 4 nitrogen and oxygen atoms in total. The molecule has 1 aliphatic rings. The summed E-state index contributed by atoms with van der Waals surface area (Å²) in [5.41, 5.74) is 7.06. The fourth-order valence-electron chi connectivity index (χ4n) is 2.63.